The lowest BCUT2D eigenvalue weighted by Crippen LogP contribution is -2.40. The molecule has 0 amide bonds. The fourth-order valence-electron chi connectivity index (χ4n) is 1.97. The Labute approximate surface area is 134 Å². The second kappa shape index (κ2) is 6.64. The fraction of sp³-hybridized carbons (Fsp3) is 0.375. The van der Waals surface area contributed by atoms with Gasteiger partial charge in [-0.2, -0.15) is 0 Å². The second-order valence-electron chi connectivity index (χ2n) is 6.16. The van der Waals surface area contributed by atoms with Crippen LogP contribution in [0.15, 0.2) is 36.4 Å². The highest BCUT2D eigenvalue weighted by atomic mass is 32.2. The number of nitrogen functional groups attached to an aromatic ring is 1. The summed E-state index contributed by atoms with van der Waals surface area (Å²) < 4.78 is 15.1. The van der Waals surface area contributed by atoms with Crippen LogP contribution in [0.2, 0.25) is 0 Å². The number of nitrogens with two attached hydrogens (primary N) is 1. The van der Waals surface area contributed by atoms with Crippen molar-refractivity contribution in [3.63, 3.8) is 0 Å². The molecule has 1 unspecified atom stereocenters. The summed E-state index contributed by atoms with van der Waals surface area (Å²) in [6, 6.07) is 11.4. The van der Waals surface area contributed by atoms with Crippen molar-refractivity contribution in [2.24, 2.45) is 0 Å². The highest BCUT2D eigenvalue weighted by Gasteiger charge is 2.29. The third-order valence-corrected chi connectivity index (χ3v) is 4.88. The Morgan fingerprint density at radius 1 is 1.18 bits per heavy atom. The molecule has 118 valence electrons. The molecule has 0 aliphatic rings. The number of aromatic nitrogens is 2. The zero-order valence-electron chi connectivity index (χ0n) is 13.3. The van der Waals surface area contributed by atoms with Crippen LogP contribution in [0.4, 0.5) is 5.82 Å². The van der Waals surface area contributed by atoms with Crippen LogP contribution in [0.1, 0.15) is 39.3 Å². The molecule has 3 N–H and O–H groups in total. The maximum absolute atomic E-state index is 12.3. The monoisotopic (exact) mass is 318 g/mol. The number of nitrogens with one attached hydrogen (secondary N) is 1. The molecule has 22 heavy (non-hydrogen) atoms. The number of benzene rings is 1. The topological polar surface area (TPSA) is 86.9 Å². The summed E-state index contributed by atoms with van der Waals surface area (Å²) in [5.41, 5.74) is 8.38. The van der Waals surface area contributed by atoms with Crippen molar-refractivity contribution < 1.29 is 4.55 Å². The summed E-state index contributed by atoms with van der Waals surface area (Å²) in [5, 5.41) is 8.18. The van der Waals surface area contributed by atoms with Crippen LogP contribution in [0.25, 0.3) is 11.3 Å². The van der Waals surface area contributed by atoms with Crippen LogP contribution in [-0.4, -0.2) is 19.5 Å². The molecule has 0 aliphatic heterocycles. The Morgan fingerprint density at radius 2 is 1.82 bits per heavy atom. The van der Waals surface area contributed by atoms with Gasteiger partial charge in [-0.25, -0.2) is 0 Å². The average Bonchev–Trinajstić information content (AvgIpc) is 2.47. The molecule has 1 aromatic heterocycles. The Bertz CT molecular complexity index is 628. The summed E-state index contributed by atoms with van der Waals surface area (Å²) in [5.74, 6) is 0.352. The molecular formula is C16H22N4OS. The van der Waals surface area contributed by atoms with E-state index in [0.717, 1.165) is 16.8 Å². The Kier molecular flexibility index (Phi) is 5.05. The van der Waals surface area contributed by atoms with E-state index in [2.05, 4.69) is 14.9 Å². The van der Waals surface area contributed by atoms with Crippen molar-refractivity contribution in [1.29, 1.82) is 0 Å². The first kappa shape index (κ1) is 16.7. The lowest BCUT2D eigenvalue weighted by molar-refractivity contribution is 0.531. The molecule has 0 aliphatic carbocycles. The van der Waals surface area contributed by atoms with Gasteiger partial charge in [-0.1, -0.05) is 30.3 Å². The van der Waals surface area contributed by atoms with Crippen LogP contribution in [0.3, 0.4) is 0 Å². The van der Waals surface area contributed by atoms with E-state index in [9.17, 15) is 4.55 Å². The van der Waals surface area contributed by atoms with Gasteiger partial charge in [0.1, 0.15) is 10.6 Å². The van der Waals surface area contributed by atoms with E-state index < -0.39 is 11.4 Å². The highest BCUT2D eigenvalue weighted by Crippen LogP contribution is 2.28. The molecule has 0 bridgehead atoms. The van der Waals surface area contributed by atoms with Gasteiger partial charge in [0, 0.05) is 22.5 Å². The van der Waals surface area contributed by atoms with Crippen molar-refractivity contribution in [3.8, 4) is 11.3 Å². The second-order valence-corrected chi connectivity index (χ2v) is 8.16. The quantitative estimate of drug-likeness (QED) is 0.846. The van der Waals surface area contributed by atoms with Gasteiger partial charge in [-0.3, -0.25) is 0 Å². The third-order valence-electron chi connectivity index (χ3n) is 3.20. The Balaban J connectivity index is 2.36. The number of rotatable bonds is 4. The zero-order valence-corrected chi connectivity index (χ0v) is 14.1. The number of hydrogen-bond donors (Lipinski definition) is 2. The van der Waals surface area contributed by atoms with Gasteiger partial charge in [0.25, 0.3) is 0 Å². The van der Waals surface area contributed by atoms with Crippen molar-refractivity contribution >= 4 is 17.2 Å². The molecule has 2 aromatic rings. The number of nitrogens with zero attached hydrogens (tertiary/aromatic N) is 2. The zero-order chi connectivity index (χ0) is 16.3. The predicted octanol–water partition coefficient (Wildman–Crippen LogP) is 2.84. The molecule has 2 rings (SSSR count). The van der Waals surface area contributed by atoms with Gasteiger partial charge in [0.05, 0.1) is 11.7 Å². The summed E-state index contributed by atoms with van der Waals surface area (Å²) in [6.07, 6.45) is 0. The summed E-state index contributed by atoms with van der Waals surface area (Å²) in [6.45, 7) is 7.74. The van der Waals surface area contributed by atoms with Crippen LogP contribution in [0, 0.1) is 0 Å². The van der Waals surface area contributed by atoms with E-state index in [1.807, 2.05) is 58.0 Å². The van der Waals surface area contributed by atoms with Crippen LogP contribution >= 0.6 is 0 Å². The molecule has 1 heterocycles. The summed E-state index contributed by atoms with van der Waals surface area (Å²) >= 11 is -1.18. The van der Waals surface area contributed by atoms with Gasteiger partial charge >= 0.3 is 0 Å². The van der Waals surface area contributed by atoms with Gasteiger partial charge < -0.3 is 10.3 Å². The molecule has 0 saturated carbocycles. The molecule has 0 saturated heterocycles. The molecule has 5 nitrogen and oxygen atoms in total. The normalized spacial score (nSPS) is 14.6. The standard InChI is InChI=1S/C16H22N4OS/c1-11(20-22(21)16(2,3)4)13-10-14(17)18-19-15(13)12-8-6-5-7-9-12/h5-11,20H,1-4H3,(H2,17,18)/t11-,22?/m1/s1. The summed E-state index contributed by atoms with van der Waals surface area (Å²) in [4.78, 5) is 0. The molecule has 2 atom stereocenters. The van der Waals surface area contributed by atoms with Crippen molar-refractivity contribution in [1.82, 2.24) is 14.9 Å². The fourth-order valence-corrected chi connectivity index (χ4v) is 2.77. The van der Waals surface area contributed by atoms with Gasteiger partial charge in [0.2, 0.25) is 0 Å². The van der Waals surface area contributed by atoms with Gasteiger partial charge in [-0.15, -0.1) is 14.9 Å². The maximum atomic E-state index is 12.3. The van der Waals surface area contributed by atoms with Crippen LogP contribution < -0.4 is 10.5 Å². The van der Waals surface area contributed by atoms with E-state index in [-0.39, 0.29) is 10.8 Å². The first-order valence-corrected chi connectivity index (χ1v) is 8.30. The molecular weight excluding hydrogens is 296 g/mol. The van der Waals surface area contributed by atoms with Gasteiger partial charge in [-0.05, 0) is 33.8 Å². The van der Waals surface area contributed by atoms with E-state index in [1.54, 1.807) is 6.07 Å². The van der Waals surface area contributed by atoms with E-state index in [1.165, 1.54) is 0 Å². The molecule has 0 radical (unpaired) electrons. The SMILES string of the molecule is C[C@@H](N[S+]([O-])C(C)(C)C)c1cc(N)nnc1-c1ccccc1. The van der Waals surface area contributed by atoms with Gasteiger partial charge in [0.15, 0.2) is 0 Å². The first-order chi connectivity index (χ1) is 10.3. The van der Waals surface area contributed by atoms with E-state index >= 15 is 0 Å². The van der Waals surface area contributed by atoms with Crippen LogP contribution in [-0.2, 0) is 11.4 Å². The molecule has 0 spiro atoms. The van der Waals surface area contributed by atoms with Crippen molar-refractivity contribution in [2.75, 3.05) is 5.73 Å². The minimum absolute atomic E-state index is 0.159. The largest absolute Gasteiger partial charge is 0.598 e. The minimum atomic E-state index is -1.18. The maximum Gasteiger partial charge on any atom is 0.146 e. The smallest absolute Gasteiger partial charge is 0.146 e. The van der Waals surface area contributed by atoms with E-state index in [4.69, 9.17) is 5.73 Å². The first-order valence-electron chi connectivity index (χ1n) is 7.15. The van der Waals surface area contributed by atoms with Crippen LogP contribution in [0.5, 0.6) is 0 Å². The molecule has 0 fully saturated rings. The highest BCUT2D eigenvalue weighted by molar-refractivity contribution is 7.90. The third kappa shape index (κ3) is 3.97. The lowest BCUT2D eigenvalue weighted by atomic mass is 10.0. The predicted molar refractivity (Wildman–Crippen MR) is 91.3 cm³/mol. The average molecular weight is 318 g/mol. The lowest BCUT2D eigenvalue weighted by Gasteiger charge is -2.27. The number of anilines is 1. The van der Waals surface area contributed by atoms with Crippen molar-refractivity contribution in [3.05, 3.63) is 42.0 Å². The molecule has 1 aromatic carbocycles. The Morgan fingerprint density at radius 3 is 2.41 bits per heavy atom. The Hall–Kier alpha value is -1.63. The van der Waals surface area contributed by atoms with E-state index in [0.29, 0.717) is 5.82 Å². The minimum Gasteiger partial charge on any atom is -0.598 e. The summed E-state index contributed by atoms with van der Waals surface area (Å²) in [7, 11) is 0. The van der Waals surface area contributed by atoms with Crippen molar-refractivity contribution in [2.45, 2.75) is 38.5 Å². The molecule has 6 heteroatoms. The number of hydrogen-bond acceptors (Lipinski definition) is 5.